The average Bonchev–Trinajstić information content (AvgIpc) is 2.32. The van der Waals surface area contributed by atoms with Gasteiger partial charge in [0, 0.05) is 36.5 Å². The molecule has 0 bridgehead atoms. The minimum Gasteiger partial charge on any atom is -0.385 e. The topological polar surface area (TPSA) is 72.5 Å². The largest absolute Gasteiger partial charge is 0.385 e. The maximum absolute atomic E-state index is 12.0. The van der Waals surface area contributed by atoms with Crippen molar-refractivity contribution in [2.24, 2.45) is 0 Å². The number of amides is 1. The number of rotatable bonds is 6. The molecule has 112 valence electrons. The van der Waals surface area contributed by atoms with Crippen molar-refractivity contribution in [3.8, 4) is 0 Å². The Morgan fingerprint density at radius 3 is 2.50 bits per heavy atom. The summed E-state index contributed by atoms with van der Waals surface area (Å²) < 4.78 is 27.8. The lowest BCUT2D eigenvalue weighted by atomic mass is 10.1. The van der Waals surface area contributed by atoms with Crippen LogP contribution in [-0.4, -0.2) is 34.6 Å². The number of nitrogens with one attached hydrogen (secondary N) is 1. The lowest BCUT2D eigenvalue weighted by Crippen LogP contribution is -2.26. The molecule has 1 aromatic rings. The molecule has 0 aliphatic heterocycles. The number of hydrogen-bond acceptors (Lipinski definition) is 4. The van der Waals surface area contributed by atoms with Crippen LogP contribution in [0.25, 0.3) is 0 Å². The highest BCUT2D eigenvalue weighted by Gasteiger charge is 2.18. The fourth-order valence-electron chi connectivity index (χ4n) is 1.85. The van der Waals surface area contributed by atoms with Crippen LogP contribution < -0.4 is 5.32 Å². The molecule has 5 nitrogen and oxygen atoms in total. The molecule has 0 atom stereocenters. The first kappa shape index (κ1) is 16.9. The van der Waals surface area contributed by atoms with E-state index in [2.05, 4.69) is 5.32 Å². The third-order valence-corrected chi connectivity index (χ3v) is 4.30. The van der Waals surface area contributed by atoms with Crippen LogP contribution in [0.15, 0.2) is 17.0 Å². The summed E-state index contributed by atoms with van der Waals surface area (Å²) in [6.07, 6.45) is 0.688. The predicted octanol–water partition coefficient (Wildman–Crippen LogP) is 2.00. The third kappa shape index (κ3) is 4.47. The first-order valence-electron chi connectivity index (χ1n) is 6.10. The molecular weight excluding hydrogens is 302 g/mol. The normalized spacial score (nSPS) is 11.4. The number of carbonyl (C=O) groups is 1. The van der Waals surface area contributed by atoms with E-state index in [0.717, 1.165) is 0 Å². The first-order chi connectivity index (χ1) is 9.27. The van der Waals surface area contributed by atoms with Crippen LogP contribution in [0.4, 0.5) is 0 Å². The summed E-state index contributed by atoms with van der Waals surface area (Å²) in [5.41, 5.74) is 1.54. The standard InChI is InChI=1S/C13H18ClNO4S/c1-9-7-10(2)12(20(14,17)18)8-11(9)13(16)15-5-4-6-19-3/h7-8H,4-6H2,1-3H3,(H,15,16). The summed E-state index contributed by atoms with van der Waals surface area (Å²) in [7, 11) is 3.09. The average molecular weight is 320 g/mol. The molecule has 20 heavy (non-hydrogen) atoms. The fraction of sp³-hybridized carbons (Fsp3) is 0.462. The Labute approximate surface area is 123 Å². The summed E-state index contributed by atoms with van der Waals surface area (Å²) in [4.78, 5) is 12.0. The number of aryl methyl sites for hydroxylation is 2. The van der Waals surface area contributed by atoms with Crippen LogP contribution in [0.2, 0.25) is 0 Å². The van der Waals surface area contributed by atoms with Gasteiger partial charge in [0.1, 0.15) is 0 Å². The number of carbonyl (C=O) groups excluding carboxylic acids is 1. The van der Waals surface area contributed by atoms with E-state index in [0.29, 0.717) is 36.3 Å². The molecule has 1 amide bonds. The molecule has 1 aromatic carbocycles. The number of methoxy groups -OCH3 is 1. The summed E-state index contributed by atoms with van der Waals surface area (Å²) in [5.74, 6) is -0.319. The number of ether oxygens (including phenoxy) is 1. The van der Waals surface area contributed by atoms with Gasteiger partial charge in [-0.05, 0) is 37.5 Å². The second-order valence-corrected chi connectivity index (χ2v) is 7.01. The van der Waals surface area contributed by atoms with Crippen molar-refractivity contribution < 1.29 is 17.9 Å². The van der Waals surface area contributed by atoms with Crippen molar-refractivity contribution in [1.29, 1.82) is 0 Å². The number of benzene rings is 1. The van der Waals surface area contributed by atoms with Crippen molar-refractivity contribution in [3.05, 3.63) is 28.8 Å². The highest BCUT2D eigenvalue weighted by molar-refractivity contribution is 8.13. The number of halogens is 1. The highest BCUT2D eigenvalue weighted by Crippen LogP contribution is 2.23. The van der Waals surface area contributed by atoms with Gasteiger partial charge in [-0.3, -0.25) is 4.79 Å². The molecule has 0 spiro atoms. The lowest BCUT2D eigenvalue weighted by Gasteiger charge is -2.11. The minimum atomic E-state index is -3.86. The van der Waals surface area contributed by atoms with E-state index in [1.807, 2.05) is 0 Å². The Bertz CT molecular complexity index is 599. The lowest BCUT2D eigenvalue weighted by molar-refractivity contribution is 0.0948. The maximum Gasteiger partial charge on any atom is 0.261 e. The molecule has 7 heteroatoms. The van der Waals surface area contributed by atoms with Crippen LogP contribution in [0.3, 0.4) is 0 Å². The molecule has 0 heterocycles. The SMILES string of the molecule is COCCCNC(=O)c1cc(S(=O)(=O)Cl)c(C)cc1C. The van der Waals surface area contributed by atoms with Crippen molar-refractivity contribution in [3.63, 3.8) is 0 Å². The summed E-state index contributed by atoms with van der Waals surface area (Å²) in [6, 6.07) is 2.96. The van der Waals surface area contributed by atoms with Gasteiger partial charge in [0.05, 0.1) is 4.90 Å². The van der Waals surface area contributed by atoms with Gasteiger partial charge in [0.25, 0.3) is 15.0 Å². The Morgan fingerprint density at radius 1 is 1.30 bits per heavy atom. The highest BCUT2D eigenvalue weighted by atomic mass is 35.7. The van der Waals surface area contributed by atoms with Gasteiger partial charge < -0.3 is 10.1 Å². The molecule has 0 aromatic heterocycles. The van der Waals surface area contributed by atoms with Crippen LogP contribution in [-0.2, 0) is 13.8 Å². The van der Waals surface area contributed by atoms with Gasteiger partial charge in [-0.2, -0.15) is 0 Å². The van der Waals surface area contributed by atoms with Gasteiger partial charge in [0.2, 0.25) is 0 Å². The van der Waals surface area contributed by atoms with E-state index in [1.165, 1.54) is 6.07 Å². The predicted molar refractivity (Wildman–Crippen MR) is 77.8 cm³/mol. The van der Waals surface area contributed by atoms with Crippen LogP contribution in [0.1, 0.15) is 27.9 Å². The van der Waals surface area contributed by atoms with E-state index in [9.17, 15) is 13.2 Å². The summed E-state index contributed by atoms with van der Waals surface area (Å²) in [6.45, 7) is 4.40. The van der Waals surface area contributed by atoms with E-state index in [4.69, 9.17) is 15.4 Å². The first-order valence-corrected chi connectivity index (χ1v) is 8.41. The van der Waals surface area contributed by atoms with Crippen molar-refractivity contribution in [2.75, 3.05) is 20.3 Å². The Morgan fingerprint density at radius 2 is 1.95 bits per heavy atom. The monoisotopic (exact) mass is 319 g/mol. The second kappa shape index (κ2) is 7.06. The van der Waals surface area contributed by atoms with Crippen molar-refractivity contribution >= 4 is 25.6 Å². The zero-order valence-electron chi connectivity index (χ0n) is 11.7. The van der Waals surface area contributed by atoms with Crippen LogP contribution in [0, 0.1) is 13.8 Å². The maximum atomic E-state index is 12.0. The molecular formula is C13H18ClNO4S. The zero-order valence-corrected chi connectivity index (χ0v) is 13.3. The molecule has 0 radical (unpaired) electrons. The smallest absolute Gasteiger partial charge is 0.261 e. The van der Waals surface area contributed by atoms with Gasteiger partial charge in [-0.15, -0.1) is 0 Å². The molecule has 0 fully saturated rings. The van der Waals surface area contributed by atoms with Gasteiger partial charge in [0.15, 0.2) is 0 Å². The quantitative estimate of drug-likeness (QED) is 0.643. The van der Waals surface area contributed by atoms with Gasteiger partial charge in [-0.1, -0.05) is 6.07 Å². The van der Waals surface area contributed by atoms with E-state index < -0.39 is 9.05 Å². The van der Waals surface area contributed by atoms with Gasteiger partial charge >= 0.3 is 0 Å². The fourth-order valence-corrected chi connectivity index (χ4v) is 3.05. The van der Waals surface area contributed by atoms with Crippen LogP contribution in [0.5, 0.6) is 0 Å². The minimum absolute atomic E-state index is 0.0354. The molecule has 0 saturated carbocycles. The summed E-state index contributed by atoms with van der Waals surface area (Å²) >= 11 is 0. The molecule has 1 rings (SSSR count). The van der Waals surface area contributed by atoms with Crippen LogP contribution >= 0.6 is 10.7 Å². The van der Waals surface area contributed by atoms with E-state index in [1.54, 1.807) is 27.0 Å². The van der Waals surface area contributed by atoms with E-state index >= 15 is 0 Å². The van der Waals surface area contributed by atoms with Gasteiger partial charge in [-0.25, -0.2) is 8.42 Å². The third-order valence-electron chi connectivity index (χ3n) is 2.84. The molecule has 0 aliphatic carbocycles. The number of hydrogen-bond donors (Lipinski definition) is 1. The Balaban J connectivity index is 2.98. The second-order valence-electron chi connectivity index (χ2n) is 4.47. The zero-order chi connectivity index (χ0) is 15.3. The molecule has 0 aliphatic rings. The Kier molecular flexibility index (Phi) is 5.98. The van der Waals surface area contributed by atoms with Crippen molar-refractivity contribution in [1.82, 2.24) is 5.32 Å². The Hall–Kier alpha value is -1.11. The van der Waals surface area contributed by atoms with E-state index in [-0.39, 0.29) is 10.8 Å². The van der Waals surface area contributed by atoms with Crippen molar-refractivity contribution in [2.45, 2.75) is 25.2 Å². The molecule has 1 N–H and O–H groups in total. The molecule has 0 unspecified atom stereocenters. The molecule has 0 saturated heterocycles. The summed E-state index contributed by atoms with van der Waals surface area (Å²) in [5, 5.41) is 2.72.